The molecule has 0 bridgehead atoms. The number of rotatable bonds is 3. The number of Topliss-reactive ketones (excluding diaryl/α,β-unsaturated/α-hetero) is 1. The van der Waals surface area contributed by atoms with Crippen LogP contribution in [0, 0.1) is 0 Å². The monoisotopic (exact) mass is 476 g/mol. The van der Waals surface area contributed by atoms with Gasteiger partial charge in [0, 0.05) is 41.7 Å². The average molecular weight is 478 g/mol. The molecule has 1 aromatic carbocycles. The molecule has 4 rings (SSSR count). The fourth-order valence-corrected chi connectivity index (χ4v) is 4.53. The van der Waals surface area contributed by atoms with Crippen molar-refractivity contribution in [3.8, 4) is 0 Å². The van der Waals surface area contributed by atoms with Gasteiger partial charge in [-0.2, -0.15) is 0 Å². The predicted octanol–water partition coefficient (Wildman–Crippen LogP) is 5.31. The Kier molecular flexibility index (Phi) is 6.11. The van der Waals surface area contributed by atoms with Gasteiger partial charge in [-0.3, -0.25) is 9.78 Å². The molecule has 5 nitrogen and oxygen atoms in total. The van der Waals surface area contributed by atoms with Crippen molar-refractivity contribution in [1.82, 2.24) is 10.3 Å². The van der Waals surface area contributed by atoms with Crippen molar-refractivity contribution in [2.75, 3.05) is 0 Å². The van der Waals surface area contributed by atoms with Gasteiger partial charge in [-0.25, -0.2) is 4.79 Å². The second-order valence-electron chi connectivity index (χ2n) is 7.54. The van der Waals surface area contributed by atoms with Crippen LogP contribution < -0.4 is 5.32 Å². The first-order valence-corrected chi connectivity index (χ1v) is 10.9. The minimum absolute atomic E-state index is 0.0314. The molecular formula is C23H19Cl3N2O3. The minimum Gasteiger partial charge on any atom is -0.411 e. The molecule has 31 heavy (non-hydrogen) atoms. The van der Waals surface area contributed by atoms with Crippen LogP contribution in [0.15, 0.2) is 77.4 Å². The van der Waals surface area contributed by atoms with Crippen molar-refractivity contribution in [1.29, 1.82) is 0 Å². The Hall–Kier alpha value is -2.34. The molecule has 0 fully saturated rings. The van der Waals surface area contributed by atoms with Crippen LogP contribution in [0.3, 0.4) is 0 Å². The Bertz CT molecular complexity index is 1080. The maximum absolute atomic E-state index is 13.4. The number of benzene rings is 1. The highest BCUT2D eigenvalue weighted by molar-refractivity contribution is 6.66. The van der Waals surface area contributed by atoms with E-state index in [0.717, 1.165) is 16.8 Å². The highest BCUT2D eigenvalue weighted by Gasteiger charge is 2.42. The summed E-state index contributed by atoms with van der Waals surface area (Å²) in [5, 5.41) is 3.26. The normalized spacial score (nSPS) is 21.5. The summed E-state index contributed by atoms with van der Waals surface area (Å²) in [6.45, 7) is 1.75. The van der Waals surface area contributed by atoms with E-state index in [9.17, 15) is 9.59 Å². The van der Waals surface area contributed by atoms with Crippen LogP contribution >= 0.6 is 34.8 Å². The van der Waals surface area contributed by atoms with Crippen molar-refractivity contribution in [2.45, 2.75) is 35.6 Å². The molecule has 2 atom stereocenters. The molecule has 8 heteroatoms. The zero-order valence-electron chi connectivity index (χ0n) is 16.6. The van der Waals surface area contributed by atoms with Crippen molar-refractivity contribution in [3.63, 3.8) is 0 Å². The second kappa shape index (κ2) is 8.65. The number of nitrogens with one attached hydrogen (secondary N) is 1. The topological polar surface area (TPSA) is 68.3 Å². The molecular weight excluding hydrogens is 459 g/mol. The highest BCUT2D eigenvalue weighted by atomic mass is 35.6. The smallest absolute Gasteiger partial charge is 0.341 e. The lowest BCUT2D eigenvalue weighted by molar-refractivity contribution is -0.140. The van der Waals surface area contributed by atoms with Crippen molar-refractivity contribution >= 4 is 46.6 Å². The van der Waals surface area contributed by atoms with Crippen LogP contribution in [0.25, 0.3) is 0 Å². The number of hydrogen-bond acceptors (Lipinski definition) is 5. The molecule has 0 radical (unpaired) electrons. The Balaban J connectivity index is 1.78. The summed E-state index contributed by atoms with van der Waals surface area (Å²) in [6.07, 6.45) is 4.23. The van der Waals surface area contributed by atoms with Crippen LogP contribution in [0.2, 0.25) is 0 Å². The standard InChI is InChI=1S/C23H19Cl3N2O3/c1-13-19(22(30)31-23(24,25)26)20(15-7-9-27-10-8-15)21-17(28-13)11-16(12-18(21)29)14-5-3-2-4-6-14/h2-10,16,20,28H,11-12H2,1H3/t16-,20+/m0/s1. The largest absolute Gasteiger partial charge is 0.411 e. The van der Waals surface area contributed by atoms with Gasteiger partial charge in [0.15, 0.2) is 5.78 Å². The molecule has 0 saturated carbocycles. The molecule has 0 unspecified atom stereocenters. The molecule has 1 N–H and O–H groups in total. The summed E-state index contributed by atoms with van der Waals surface area (Å²) in [7, 11) is 0. The molecule has 1 aromatic heterocycles. The fourth-order valence-electron chi connectivity index (χ4n) is 4.32. The molecule has 2 heterocycles. The Morgan fingerprint density at radius 3 is 2.39 bits per heavy atom. The van der Waals surface area contributed by atoms with E-state index in [-0.39, 0.29) is 17.3 Å². The Morgan fingerprint density at radius 2 is 1.74 bits per heavy atom. The number of pyridine rings is 1. The molecule has 1 aliphatic carbocycles. The zero-order chi connectivity index (χ0) is 22.2. The Labute approximate surface area is 195 Å². The van der Waals surface area contributed by atoms with E-state index < -0.39 is 15.9 Å². The van der Waals surface area contributed by atoms with Gasteiger partial charge in [-0.05, 0) is 77.3 Å². The number of nitrogens with zero attached hydrogens (tertiary/aromatic N) is 1. The highest BCUT2D eigenvalue weighted by Crippen LogP contribution is 2.46. The number of alkyl halides is 3. The van der Waals surface area contributed by atoms with E-state index in [1.165, 1.54) is 0 Å². The minimum atomic E-state index is -2.21. The van der Waals surface area contributed by atoms with Gasteiger partial charge in [0.25, 0.3) is 0 Å². The third-order valence-electron chi connectivity index (χ3n) is 5.57. The Morgan fingerprint density at radius 1 is 1.06 bits per heavy atom. The molecule has 1 aliphatic heterocycles. The van der Waals surface area contributed by atoms with Gasteiger partial charge in [0.05, 0.1) is 5.57 Å². The van der Waals surface area contributed by atoms with E-state index in [1.54, 1.807) is 31.5 Å². The number of hydrogen-bond donors (Lipinski definition) is 1. The summed E-state index contributed by atoms with van der Waals surface area (Å²) in [6, 6.07) is 13.5. The lowest BCUT2D eigenvalue weighted by Gasteiger charge is -2.36. The number of esters is 1. The van der Waals surface area contributed by atoms with E-state index >= 15 is 0 Å². The molecule has 0 spiro atoms. The fraction of sp³-hybridized carbons (Fsp3) is 0.261. The third-order valence-corrected chi connectivity index (χ3v) is 5.80. The summed E-state index contributed by atoms with van der Waals surface area (Å²) in [5.74, 6) is -1.41. The summed E-state index contributed by atoms with van der Waals surface area (Å²) < 4.78 is 2.80. The first-order chi connectivity index (χ1) is 14.7. The molecule has 160 valence electrons. The number of allylic oxidation sites excluding steroid dienone is 3. The van der Waals surface area contributed by atoms with Crippen molar-refractivity contribution < 1.29 is 14.3 Å². The van der Waals surface area contributed by atoms with Crippen LogP contribution in [-0.4, -0.2) is 20.7 Å². The first-order valence-electron chi connectivity index (χ1n) is 9.73. The average Bonchev–Trinajstić information content (AvgIpc) is 2.72. The SMILES string of the molecule is CC1=C(C(=O)OC(Cl)(Cl)Cl)[C@@H](c2ccncc2)C2=C(C[C@H](c3ccccc3)CC2=O)N1. The predicted molar refractivity (Wildman–Crippen MR) is 120 cm³/mol. The third kappa shape index (κ3) is 4.64. The number of aromatic nitrogens is 1. The number of dihydropyridines is 1. The summed E-state index contributed by atoms with van der Waals surface area (Å²) in [5.41, 5.74) is 3.98. The van der Waals surface area contributed by atoms with Gasteiger partial charge in [0.2, 0.25) is 0 Å². The number of ketones is 1. The number of carbonyl (C=O) groups is 2. The number of ether oxygens (including phenoxy) is 1. The van der Waals surface area contributed by atoms with Crippen LogP contribution in [0.5, 0.6) is 0 Å². The summed E-state index contributed by atoms with van der Waals surface area (Å²) in [4.78, 5) is 30.4. The van der Waals surface area contributed by atoms with Gasteiger partial charge >= 0.3 is 9.95 Å². The van der Waals surface area contributed by atoms with Gasteiger partial charge in [0.1, 0.15) is 0 Å². The maximum Gasteiger partial charge on any atom is 0.341 e. The van der Waals surface area contributed by atoms with Crippen LogP contribution in [-0.2, 0) is 14.3 Å². The summed E-state index contributed by atoms with van der Waals surface area (Å²) >= 11 is 17.1. The second-order valence-corrected chi connectivity index (χ2v) is 9.72. The van der Waals surface area contributed by atoms with Gasteiger partial charge in [-0.1, -0.05) is 30.3 Å². The molecule has 0 saturated heterocycles. The maximum atomic E-state index is 13.4. The van der Waals surface area contributed by atoms with E-state index in [2.05, 4.69) is 10.3 Å². The van der Waals surface area contributed by atoms with E-state index in [0.29, 0.717) is 24.1 Å². The molecule has 2 aliphatic rings. The van der Waals surface area contributed by atoms with Crippen molar-refractivity contribution in [3.05, 3.63) is 88.5 Å². The van der Waals surface area contributed by atoms with Crippen LogP contribution in [0.4, 0.5) is 0 Å². The number of carbonyl (C=O) groups excluding carboxylic acids is 2. The number of halogens is 3. The first kappa shape index (κ1) is 21.9. The lowest BCUT2D eigenvalue weighted by Crippen LogP contribution is -2.36. The van der Waals surface area contributed by atoms with Gasteiger partial charge < -0.3 is 10.1 Å². The lowest BCUT2D eigenvalue weighted by atomic mass is 9.72. The van der Waals surface area contributed by atoms with Crippen molar-refractivity contribution in [2.24, 2.45) is 0 Å². The molecule has 2 aromatic rings. The molecule has 0 amide bonds. The van der Waals surface area contributed by atoms with E-state index in [4.69, 9.17) is 39.5 Å². The van der Waals surface area contributed by atoms with Crippen LogP contribution in [0.1, 0.15) is 42.7 Å². The van der Waals surface area contributed by atoms with E-state index in [1.807, 2.05) is 30.3 Å². The quantitative estimate of drug-likeness (QED) is 0.479. The van der Waals surface area contributed by atoms with Gasteiger partial charge in [-0.15, -0.1) is 0 Å². The zero-order valence-corrected chi connectivity index (χ0v) is 18.8.